The minimum Gasteiger partial charge on any atom is -0.383 e. The van der Waals surface area contributed by atoms with E-state index in [1.807, 2.05) is 36.7 Å². The molecule has 4 rings (SSSR count). The first kappa shape index (κ1) is 41.8. The molecule has 0 aliphatic heterocycles. The number of fused-ring (bicyclic) bond motifs is 2. The van der Waals surface area contributed by atoms with Crippen LogP contribution in [0.1, 0.15) is 117 Å². The van der Waals surface area contributed by atoms with Crippen molar-refractivity contribution in [2.24, 2.45) is 0 Å². The molecule has 2 aromatic carbocycles. The Balaban J connectivity index is 1.49. The second kappa shape index (κ2) is 23.6. The molecule has 0 aliphatic rings. The molecule has 2 N–H and O–H groups in total. The van der Waals surface area contributed by atoms with Crippen LogP contribution in [0.15, 0.2) is 60.9 Å². The van der Waals surface area contributed by atoms with Crippen LogP contribution in [0.3, 0.4) is 0 Å². The van der Waals surface area contributed by atoms with Gasteiger partial charge in [0.25, 0.3) is 11.0 Å². The maximum atomic E-state index is 6.38. The summed E-state index contributed by atoms with van der Waals surface area (Å²) in [6.45, 7) is 8.21. The molecule has 0 unspecified atom stereocenters. The van der Waals surface area contributed by atoms with Crippen molar-refractivity contribution in [1.29, 1.82) is 0 Å². The number of benzene rings is 2. The molecule has 0 bridgehead atoms. The lowest BCUT2D eigenvalue weighted by Crippen LogP contribution is -2.42. The summed E-state index contributed by atoms with van der Waals surface area (Å²) < 4.78 is 3.53. The van der Waals surface area contributed by atoms with Gasteiger partial charge in [-0.1, -0.05) is 127 Å². The van der Waals surface area contributed by atoms with Crippen LogP contribution in [0.5, 0.6) is 0 Å². The molecule has 4 aromatic rings. The van der Waals surface area contributed by atoms with Gasteiger partial charge < -0.3 is 10.6 Å². The number of hydrogen-bond donors (Lipinski definition) is 2. The summed E-state index contributed by atoms with van der Waals surface area (Å²) in [6, 6.07) is 16.7. The fourth-order valence-corrected chi connectivity index (χ4v) is 7.74. The minimum absolute atomic E-state index is 0.554. The van der Waals surface area contributed by atoms with Gasteiger partial charge in [0.15, 0.2) is 0 Å². The van der Waals surface area contributed by atoms with Gasteiger partial charge in [0.2, 0.25) is 12.4 Å². The van der Waals surface area contributed by atoms with E-state index in [-0.39, 0.29) is 0 Å². The van der Waals surface area contributed by atoms with Gasteiger partial charge in [0, 0.05) is 76.0 Å². The van der Waals surface area contributed by atoms with Crippen molar-refractivity contribution in [3.63, 3.8) is 0 Å². The standard InChI is InChI=1S/C43H63Cl2N5O2/c1-5-7-9-11-13-15-17-19-37(20-18-16-14-12-10-8-6-2)48(31-27-46-40-25-29-49(51-3)42-33-35(44)21-23-38(40)42)32-28-47-41-26-30-50(52-4)43-34-36(45)22-24-39(41)43/h21-26,29-30,33-34,37H,5-20,27-28,31-32H2,1-4H3/p+2. The Morgan fingerprint density at radius 2 is 0.981 bits per heavy atom. The fraction of sp³-hybridized carbons (Fsp3) is 0.581. The Hall–Kier alpha value is -3.00. The molecular weight excluding hydrogens is 689 g/mol. The SMILES string of the molecule is CCCCCCCCCC(CCCCCCCCC)N(CCNc1cc[n+](OC)c2cc(Cl)ccc12)CCNc1cc[n+](OC)c2cc(Cl)ccc12. The Kier molecular flexibility index (Phi) is 19.0. The summed E-state index contributed by atoms with van der Waals surface area (Å²) in [4.78, 5) is 13.9. The van der Waals surface area contributed by atoms with Crippen molar-refractivity contribution < 1.29 is 19.1 Å². The third kappa shape index (κ3) is 13.1. The molecule has 2 aromatic heterocycles. The molecule has 0 atom stereocenters. The lowest BCUT2D eigenvalue weighted by Gasteiger charge is -2.33. The molecule has 9 heteroatoms. The molecule has 0 saturated carbocycles. The van der Waals surface area contributed by atoms with Crippen molar-refractivity contribution in [2.75, 3.05) is 51.0 Å². The smallest absolute Gasteiger partial charge is 0.268 e. The largest absolute Gasteiger partial charge is 0.383 e. The number of rotatable bonds is 27. The van der Waals surface area contributed by atoms with Gasteiger partial charge in [-0.15, -0.1) is 0 Å². The van der Waals surface area contributed by atoms with Gasteiger partial charge >= 0.3 is 0 Å². The third-order valence-corrected chi connectivity index (χ3v) is 10.8. The van der Waals surface area contributed by atoms with Crippen LogP contribution in [-0.2, 0) is 0 Å². The van der Waals surface area contributed by atoms with Crippen LogP contribution in [0.25, 0.3) is 21.8 Å². The van der Waals surface area contributed by atoms with Gasteiger partial charge in [-0.3, -0.25) is 14.6 Å². The molecule has 52 heavy (non-hydrogen) atoms. The van der Waals surface area contributed by atoms with Gasteiger partial charge in [-0.25, -0.2) is 0 Å². The zero-order valence-electron chi connectivity index (χ0n) is 32.4. The average Bonchev–Trinajstić information content (AvgIpc) is 3.15. The first-order valence-corrected chi connectivity index (χ1v) is 20.8. The van der Waals surface area contributed by atoms with Crippen LogP contribution >= 0.6 is 23.2 Å². The predicted octanol–water partition coefficient (Wildman–Crippen LogP) is 10.5. The Morgan fingerprint density at radius 3 is 1.38 bits per heavy atom. The van der Waals surface area contributed by atoms with Crippen molar-refractivity contribution in [3.8, 4) is 0 Å². The van der Waals surface area contributed by atoms with Gasteiger partial charge in [-0.05, 0) is 37.1 Å². The van der Waals surface area contributed by atoms with Gasteiger partial charge in [0.1, 0.15) is 14.2 Å². The van der Waals surface area contributed by atoms with E-state index in [0.29, 0.717) is 16.1 Å². The van der Waals surface area contributed by atoms with Crippen LogP contribution in [0, 0.1) is 0 Å². The second-order valence-electron chi connectivity index (χ2n) is 14.2. The van der Waals surface area contributed by atoms with E-state index in [9.17, 15) is 0 Å². The van der Waals surface area contributed by atoms with Crippen LogP contribution in [-0.4, -0.2) is 51.3 Å². The van der Waals surface area contributed by atoms with Crippen molar-refractivity contribution in [2.45, 2.75) is 123 Å². The van der Waals surface area contributed by atoms with Crippen molar-refractivity contribution in [3.05, 3.63) is 71.0 Å². The zero-order valence-corrected chi connectivity index (χ0v) is 33.9. The topological polar surface area (TPSA) is 53.5 Å². The summed E-state index contributed by atoms with van der Waals surface area (Å²) in [5, 5.41) is 11.1. The molecule has 286 valence electrons. The second-order valence-corrected chi connectivity index (χ2v) is 15.0. The quantitative estimate of drug-likeness (QED) is 0.0469. The number of aromatic nitrogens is 2. The highest BCUT2D eigenvalue weighted by Gasteiger charge is 2.20. The van der Waals surface area contributed by atoms with E-state index in [4.69, 9.17) is 32.9 Å². The molecule has 0 radical (unpaired) electrons. The molecule has 0 aliphatic carbocycles. The molecule has 7 nitrogen and oxygen atoms in total. The predicted molar refractivity (Wildman–Crippen MR) is 221 cm³/mol. The highest BCUT2D eigenvalue weighted by molar-refractivity contribution is 6.31. The summed E-state index contributed by atoms with van der Waals surface area (Å²) in [7, 11) is 3.36. The lowest BCUT2D eigenvalue weighted by molar-refractivity contribution is -0.865. The molecule has 2 heterocycles. The normalized spacial score (nSPS) is 11.6. The van der Waals surface area contributed by atoms with Crippen LogP contribution in [0.4, 0.5) is 11.4 Å². The van der Waals surface area contributed by atoms with Crippen LogP contribution < -0.4 is 29.8 Å². The number of nitrogens with zero attached hydrogens (tertiary/aromatic N) is 3. The number of unbranched alkanes of at least 4 members (excludes halogenated alkanes) is 12. The minimum atomic E-state index is 0.554. The van der Waals surface area contributed by atoms with E-state index in [2.05, 4.69) is 53.6 Å². The van der Waals surface area contributed by atoms with Crippen LogP contribution in [0.2, 0.25) is 10.0 Å². The molecule has 0 spiro atoms. The molecule has 0 amide bonds. The summed E-state index contributed by atoms with van der Waals surface area (Å²) >= 11 is 12.8. The Morgan fingerprint density at radius 1 is 0.577 bits per heavy atom. The monoisotopic (exact) mass is 753 g/mol. The zero-order chi connectivity index (χ0) is 37.0. The Bertz CT molecular complexity index is 1500. The highest BCUT2D eigenvalue weighted by Crippen LogP contribution is 2.26. The maximum absolute atomic E-state index is 6.38. The third-order valence-electron chi connectivity index (χ3n) is 10.3. The van der Waals surface area contributed by atoms with E-state index >= 15 is 0 Å². The Labute approximate surface area is 323 Å². The highest BCUT2D eigenvalue weighted by atomic mass is 35.5. The first-order chi connectivity index (χ1) is 25.5. The van der Waals surface area contributed by atoms with E-state index in [1.54, 1.807) is 23.7 Å². The van der Waals surface area contributed by atoms with Crippen molar-refractivity contribution in [1.82, 2.24) is 4.90 Å². The molecule has 0 fully saturated rings. The van der Waals surface area contributed by atoms with Crippen molar-refractivity contribution >= 4 is 56.4 Å². The number of anilines is 2. The first-order valence-electron chi connectivity index (χ1n) is 20.1. The number of pyridine rings is 2. The number of halogens is 2. The van der Waals surface area contributed by atoms with Gasteiger partial charge in [-0.2, -0.15) is 0 Å². The number of nitrogens with one attached hydrogen (secondary N) is 2. The van der Waals surface area contributed by atoms with E-state index in [1.165, 1.54) is 103 Å². The summed E-state index contributed by atoms with van der Waals surface area (Å²) in [5.74, 6) is 0. The average molecular weight is 755 g/mol. The maximum Gasteiger partial charge on any atom is 0.268 e. The number of hydrogen-bond acceptors (Lipinski definition) is 5. The molecule has 0 saturated heterocycles. The molecular formula is C43H65Cl2N5O2+2. The van der Waals surface area contributed by atoms with E-state index < -0.39 is 0 Å². The lowest BCUT2D eigenvalue weighted by atomic mass is 9.98. The summed E-state index contributed by atoms with van der Waals surface area (Å²) in [6.07, 6.45) is 25.2. The fourth-order valence-electron chi connectivity index (χ4n) is 7.41. The summed E-state index contributed by atoms with van der Waals surface area (Å²) in [5.41, 5.74) is 4.08. The van der Waals surface area contributed by atoms with E-state index in [0.717, 1.165) is 59.4 Å². The van der Waals surface area contributed by atoms with Gasteiger partial charge in [0.05, 0.1) is 22.1 Å².